The number of hydrogen-bond acceptors (Lipinski definition) is 3. The lowest BCUT2D eigenvalue weighted by Crippen LogP contribution is -2.07. The van der Waals surface area contributed by atoms with Gasteiger partial charge in [-0.3, -0.25) is 0 Å². The SMILES string of the molecule is CCOCCOc1ccc(C(C)C)cn1. The smallest absolute Gasteiger partial charge is 0.213 e. The lowest BCUT2D eigenvalue weighted by atomic mass is 10.1. The Kier molecular flexibility index (Phi) is 5.12. The van der Waals surface area contributed by atoms with Gasteiger partial charge in [-0.15, -0.1) is 0 Å². The molecule has 0 saturated carbocycles. The predicted octanol–water partition coefficient (Wildman–Crippen LogP) is 2.62. The number of aromatic nitrogens is 1. The van der Waals surface area contributed by atoms with E-state index < -0.39 is 0 Å². The van der Waals surface area contributed by atoms with Gasteiger partial charge in [-0.25, -0.2) is 4.98 Å². The molecule has 0 fully saturated rings. The van der Waals surface area contributed by atoms with Crippen molar-refractivity contribution >= 4 is 0 Å². The maximum atomic E-state index is 5.41. The summed E-state index contributed by atoms with van der Waals surface area (Å²) < 4.78 is 10.6. The molecule has 1 heterocycles. The second-order valence-corrected chi connectivity index (χ2v) is 3.63. The molecule has 0 aliphatic rings. The third kappa shape index (κ3) is 4.30. The van der Waals surface area contributed by atoms with Crippen LogP contribution in [-0.4, -0.2) is 24.8 Å². The van der Waals surface area contributed by atoms with Crippen molar-refractivity contribution in [3.8, 4) is 5.88 Å². The molecule has 1 aromatic rings. The highest BCUT2D eigenvalue weighted by molar-refractivity contribution is 5.20. The Morgan fingerprint density at radius 2 is 2.07 bits per heavy atom. The number of pyridine rings is 1. The molecule has 0 aromatic carbocycles. The molecule has 3 nitrogen and oxygen atoms in total. The summed E-state index contributed by atoms with van der Waals surface area (Å²) in [7, 11) is 0. The van der Waals surface area contributed by atoms with Crippen molar-refractivity contribution in [1.29, 1.82) is 0 Å². The highest BCUT2D eigenvalue weighted by Gasteiger charge is 2.00. The molecule has 0 aliphatic heterocycles. The van der Waals surface area contributed by atoms with Gasteiger partial charge in [-0.1, -0.05) is 19.9 Å². The fourth-order valence-corrected chi connectivity index (χ4v) is 1.17. The van der Waals surface area contributed by atoms with Crippen LogP contribution in [0.5, 0.6) is 5.88 Å². The van der Waals surface area contributed by atoms with Crippen LogP contribution in [0.15, 0.2) is 18.3 Å². The second kappa shape index (κ2) is 6.40. The van der Waals surface area contributed by atoms with E-state index in [1.807, 2.05) is 25.3 Å². The molecule has 0 amide bonds. The summed E-state index contributed by atoms with van der Waals surface area (Å²) in [6.45, 7) is 8.16. The Labute approximate surface area is 91.4 Å². The van der Waals surface area contributed by atoms with Crippen LogP contribution < -0.4 is 4.74 Å². The maximum Gasteiger partial charge on any atom is 0.213 e. The van der Waals surface area contributed by atoms with E-state index in [4.69, 9.17) is 9.47 Å². The van der Waals surface area contributed by atoms with Crippen LogP contribution in [0.25, 0.3) is 0 Å². The van der Waals surface area contributed by atoms with Crippen LogP contribution in [0.1, 0.15) is 32.3 Å². The zero-order valence-corrected chi connectivity index (χ0v) is 9.69. The molecule has 0 unspecified atom stereocenters. The molecule has 1 rings (SSSR count). The normalized spacial score (nSPS) is 10.7. The molecule has 0 radical (unpaired) electrons. The van der Waals surface area contributed by atoms with E-state index in [0.717, 1.165) is 6.61 Å². The molecule has 0 spiro atoms. The van der Waals surface area contributed by atoms with E-state index >= 15 is 0 Å². The summed E-state index contributed by atoms with van der Waals surface area (Å²) in [5.74, 6) is 1.18. The summed E-state index contributed by atoms with van der Waals surface area (Å²) >= 11 is 0. The van der Waals surface area contributed by atoms with E-state index in [9.17, 15) is 0 Å². The number of rotatable bonds is 6. The molecule has 0 bridgehead atoms. The first kappa shape index (κ1) is 12.0. The van der Waals surface area contributed by atoms with E-state index in [-0.39, 0.29) is 0 Å². The minimum atomic E-state index is 0.509. The molecule has 15 heavy (non-hydrogen) atoms. The number of hydrogen-bond donors (Lipinski definition) is 0. The second-order valence-electron chi connectivity index (χ2n) is 3.63. The fourth-order valence-electron chi connectivity index (χ4n) is 1.17. The number of ether oxygens (including phenoxy) is 2. The monoisotopic (exact) mass is 209 g/mol. The maximum absolute atomic E-state index is 5.41. The molecule has 1 aromatic heterocycles. The van der Waals surface area contributed by atoms with Gasteiger partial charge in [0.25, 0.3) is 0 Å². The van der Waals surface area contributed by atoms with Crippen molar-refractivity contribution in [2.45, 2.75) is 26.7 Å². The Morgan fingerprint density at radius 1 is 1.27 bits per heavy atom. The summed E-state index contributed by atoms with van der Waals surface area (Å²) in [6, 6.07) is 3.95. The molecule has 0 atom stereocenters. The van der Waals surface area contributed by atoms with Gasteiger partial charge in [0, 0.05) is 18.9 Å². The topological polar surface area (TPSA) is 31.4 Å². The molecule has 84 valence electrons. The van der Waals surface area contributed by atoms with Gasteiger partial charge in [0.05, 0.1) is 6.61 Å². The third-order valence-electron chi connectivity index (χ3n) is 2.11. The summed E-state index contributed by atoms with van der Waals surface area (Å²) in [5.41, 5.74) is 1.23. The summed E-state index contributed by atoms with van der Waals surface area (Å²) in [4.78, 5) is 4.22. The molecule has 0 N–H and O–H groups in total. The average molecular weight is 209 g/mol. The first-order valence-electron chi connectivity index (χ1n) is 5.40. The van der Waals surface area contributed by atoms with Crippen LogP contribution in [-0.2, 0) is 4.74 Å². The summed E-state index contributed by atoms with van der Waals surface area (Å²) in [5, 5.41) is 0. The van der Waals surface area contributed by atoms with Crippen molar-refractivity contribution in [2.24, 2.45) is 0 Å². The Hall–Kier alpha value is -1.09. The quantitative estimate of drug-likeness (QED) is 0.675. The minimum absolute atomic E-state index is 0.509. The van der Waals surface area contributed by atoms with Crippen LogP contribution in [0.2, 0.25) is 0 Å². The molecular weight excluding hydrogens is 190 g/mol. The van der Waals surface area contributed by atoms with Crippen molar-refractivity contribution < 1.29 is 9.47 Å². The highest BCUT2D eigenvalue weighted by Crippen LogP contribution is 2.15. The fraction of sp³-hybridized carbons (Fsp3) is 0.583. The third-order valence-corrected chi connectivity index (χ3v) is 2.11. The van der Waals surface area contributed by atoms with E-state index in [1.54, 1.807) is 0 Å². The average Bonchev–Trinajstić information content (AvgIpc) is 2.25. The molecule has 3 heteroatoms. The van der Waals surface area contributed by atoms with Gasteiger partial charge < -0.3 is 9.47 Å². The van der Waals surface area contributed by atoms with Crippen molar-refractivity contribution in [1.82, 2.24) is 4.98 Å². The van der Waals surface area contributed by atoms with Crippen LogP contribution in [0.4, 0.5) is 0 Å². The Bertz CT molecular complexity index is 269. The van der Waals surface area contributed by atoms with Gasteiger partial charge in [0.2, 0.25) is 5.88 Å². The number of nitrogens with zero attached hydrogens (tertiary/aromatic N) is 1. The van der Waals surface area contributed by atoms with E-state index in [2.05, 4.69) is 18.8 Å². The van der Waals surface area contributed by atoms with Gasteiger partial charge in [0.15, 0.2) is 0 Å². The zero-order valence-electron chi connectivity index (χ0n) is 9.69. The lowest BCUT2D eigenvalue weighted by Gasteiger charge is -2.07. The van der Waals surface area contributed by atoms with Gasteiger partial charge in [0.1, 0.15) is 6.61 Å². The van der Waals surface area contributed by atoms with Crippen molar-refractivity contribution in [3.05, 3.63) is 23.9 Å². The van der Waals surface area contributed by atoms with E-state index in [1.165, 1.54) is 5.56 Å². The lowest BCUT2D eigenvalue weighted by molar-refractivity contribution is 0.108. The van der Waals surface area contributed by atoms with Gasteiger partial charge in [-0.2, -0.15) is 0 Å². The van der Waals surface area contributed by atoms with Crippen molar-refractivity contribution in [3.63, 3.8) is 0 Å². The first-order valence-corrected chi connectivity index (χ1v) is 5.40. The molecule has 0 saturated heterocycles. The largest absolute Gasteiger partial charge is 0.475 e. The van der Waals surface area contributed by atoms with Crippen LogP contribution >= 0.6 is 0 Å². The highest BCUT2D eigenvalue weighted by atomic mass is 16.5. The minimum Gasteiger partial charge on any atom is -0.475 e. The summed E-state index contributed by atoms with van der Waals surface area (Å²) in [6.07, 6.45) is 1.86. The Morgan fingerprint density at radius 3 is 2.60 bits per heavy atom. The standard InChI is InChI=1S/C12H19NO2/c1-4-14-7-8-15-12-6-5-11(9-13-12)10(2)3/h5-6,9-10H,4,7-8H2,1-3H3. The van der Waals surface area contributed by atoms with Gasteiger partial charge in [-0.05, 0) is 18.4 Å². The Balaban J connectivity index is 2.36. The molecular formula is C12H19NO2. The van der Waals surface area contributed by atoms with E-state index in [0.29, 0.717) is 25.0 Å². The van der Waals surface area contributed by atoms with Crippen LogP contribution in [0.3, 0.4) is 0 Å². The molecule has 0 aliphatic carbocycles. The first-order chi connectivity index (χ1) is 7.24. The van der Waals surface area contributed by atoms with Gasteiger partial charge >= 0.3 is 0 Å². The predicted molar refractivity (Wildman–Crippen MR) is 60.3 cm³/mol. The van der Waals surface area contributed by atoms with Crippen LogP contribution in [0, 0.1) is 0 Å². The van der Waals surface area contributed by atoms with Crippen molar-refractivity contribution in [2.75, 3.05) is 19.8 Å². The zero-order chi connectivity index (χ0) is 11.1.